The molecule has 4 unspecified atom stereocenters. The van der Waals surface area contributed by atoms with Gasteiger partial charge in [0.2, 0.25) is 0 Å². The first-order valence-electron chi connectivity index (χ1n) is 11.1. The van der Waals surface area contributed by atoms with Gasteiger partial charge in [0.05, 0.1) is 13.2 Å². The van der Waals surface area contributed by atoms with E-state index in [1.807, 2.05) is 0 Å². The van der Waals surface area contributed by atoms with Gasteiger partial charge in [-0.3, -0.25) is 0 Å². The van der Waals surface area contributed by atoms with Gasteiger partial charge in [0.25, 0.3) is 0 Å². The quantitative estimate of drug-likeness (QED) is 0.756. The number of ether oxygens (including phenoxy) is 1. The summed E-state index contributed by atoms with van der Waals surface area (Å²) < 4.78 is 5.76. The highest BCUT2D eigenvalue weighted by Crippen LogP contribution is 2.36. The molecule has 4 atom stereocenters. The predicted octanol–water partition coefficient (Wildman–Crippen LogP) is 4.02. The van der Waals surface area contributed by atoms with E-state index in [0.29, 0.717) is 23.9 Å². The SMILES string of the molecule is NC1CCC(NC2CCC(/C=C/C3CCCCC3)CC2)C2COCC12. The molecule has 3 aliphatic carbocycles. The second kappa shape index (κ2) is 8.54. The Bertz CT molecular complexity index is 437. The number of hydrogen-bond acceptors (Lipinski definition) is 3. The Hall–Kier alpha value is -0.380. The summed E-state index contributed by atoms with van der Waals surface area (Å²) in [7, 11) is 0. The highest BCUT2D eigenvalue weighted by atomic mass is 16.5. The molecule has 0 spiro atoms. The summed E-state index contributed by atoms with van der Waals surface area (Å²) >= 11 is 0. The van der Waals surface area contributed by atoms with E-state index in [0.717, 1.165) is 31.1 Å². The van der Waals surface area contributed by atoms with Gasteiger partial charge in [0.1, 0.15) is 0 Å². The fourth-order valence-corrected chi connectivity index (χ4v) is 5.87. The zero-order chi connectivity index (χ0) is 17.1. The van der Waals surface area contributed by atoms with Crippen LogP contribution < -0.4 is 11.1 Å². The van der Waals surface area contributed by atoms with Crippen LogP contribution in [0, 0.1) is 23.7 Å². The Morgan fingerprint density at radius 3 is 2.16 bits per heavy atom. The molecule has 0 aromatic heterocycles. The smallest absolute Gasteiger partial charge is 0.0513 e. The summed E-state index contributed by atoms with van der Waals surface area (Å²) in [6.45, 7) is 1.82. The molecule has 4 fully saturated rings. The summed E-state index contributed by atoms with van der Waals surface area (Å²) in [5.41, 5.74) is 6.31. The van der Waals surface area contributed by atoms with Gasteiger partial charge >= 0.3 is 0 Å². The molecule has 142 valence electrons. The molecule has 1 heterocycles. The Morgan fingerprint density at radius 1 is 0.720 bits per heavy atom. The van der Waals surface area contributed by atoms with E-state index < -0.39 is 0 Å². The maximum atomic E-state index is 6.31. The third-order valence-corrected chi connectivity index (χ3v) is 7.58. The zero-order valence-electron chi connectivity index (χ0n) is 15.9. The van der Waals surface area contributed by atoms with Crippen LogP contribution in [0.4, 0.5) is 0 Å². The van der Waals surface area contributed by atoms with Gasteiger partial charge in [-0.2, -0.15) is 0 Å². The molecule has 3 heteroatoms. The lowest BCUT2D eigenvalue weighted by Gasteiger charge is -2.40. The van der Waals surface area contributed by atoms with Crippen LogP contribution >= 0.6 is 0 Å². The number of nitrogens with one attached hydrogen (secondary N) is 1. The van der Waals surface area contributed by atoms with E-state index in [2.05, 4.69) is 17.5 Å². The molecule has 0 aromatic rings. The third-order valence-electron chi connectivity index (χ3n) is 7.58. The van der Waals surface area contributed by atoms with E-state index in [4.69, 9.17) is 10.5 Å². The van der Waals surface area contributed by atoms with Crippen molar-refractivity contribution in [3.05, 3.63) is 12.2 Å². The highest BCUT2D eigenvalue weighted by Gasteiger charge is 2.42. The normalized spacial score (nSPS) is 43.4. The zero-order valence-corrected chi connectivity index (χ0v) is 15.9. The number of nitrogens with two attached hydrogens (primary N) is 1. The Labute approximate surface area is 154 Å². The fraction of sp³-hybridized carbons (Fsp3) is 0.909. The minimum Gasteiger partial charge on any atom is -0.381 e. The first-order chi connectivity index (χ1) is 12.3. The molecular formula is C22H38N2O. The highest BCUT2D eigenvalue weighted by molar-refractivity contribution is 4.99. The number of rotatable bonds is 4. The monoisotopic (exact) mass is 346 g/mol. The molecule has 0 radical (unpaired) electrons. The van der Waals surface area contributed by atoms with Gasteiger partial charge in [0, 0.05) is 30.0 Å². The summed E-state index contributed by atoms with van der Waals surface area (Å²) in [6, 6.07) is 1.73. The number of hydrogen-bond donors (Lipinski definition) is 2. The summed E-state index contributed by atoms with van der Waals surface area (Å²) in [5, 5.41) is 4.02. The van der Waals surface area contributed by atoms with E-state index in [9.17, 15) is 0 Å². The fourth-order valence-electron chi connectivity index (χ4n) is 5.87. The minimum absolute atomic E-state index is 0.367. The van der Waals surface area contributed by atoms with Crippen molar-refractivity contribution in [3.63, 3.8) is 0 Å². The lowest BCUT2D eigenvalue weighted by atomic mass is 9.74. The van der Waals surface area contributed by atoms with Crippen LogP contribution in [-0.2, 0) is 4.74 Å². The topological polar surface area (TPSA) is 47.3 Å². The second-order valence-corrected chi connectivity index (χ2v) is 9.27. The first-order valence-corrected chi connectivity index (χ1v) is 11.1. The van der Waals surface area contributed by atoms with Crippen molar-refractivity contribution >= 4 is 0 Å². The molecule has 1 saturated heterocycles. The lowest BCUT2D eigenvalue weighted by molar-refractivity contribution is 0.164. The average molecular weight is 347 g/mol. The largest absolute Gasteiger partial charge is 0.381 e. The summed E-state index contributed by atoms with van der Waals surface area (Å²) in [5.74, 6) is 2.98. The molecule has 1 aliphatic heterocycles. The van der Waals surface area contributed by atoms with Crippen LogP contribution in [0.2, 0.25) is 0 Å². The van der Waals surface area contributed by atoms with Gasteiger partial charge < -0.3 is 15.8 Å². The van der Waals surface area contributed by atoms with Gasteiger partial charge in [-0.05, 0) is 63.2 Å². The van der Waals surface area contributed by atoms with Crippen molar-refractivity contribution < 1.29 is 4.74 Å². The van der Waals surface area contributed by atoms with Crippen molar-refractivity contribution in [2.24, 2.45) is 29.4 Å². The second-order valence-electron chi connectivity index (χ2n) is 9.27. The van der Waals surface area contributed by atoms with Crippen LogP contribution in [0.3, 0.4) is 0 Å². The molecule has 0 bridgehead atoms. The van der Waals surface area contributed by atoms with Crippen molar-refractivity contribution in [3.8, 4) is 0 Å². The average Bonchev–Trinajstić information content (AvgIpc) is 3.15. The van der Waals surface area contributed by atoms with Crippen LogP contribution in [0.25, 0.3) is 0 Å². The Kier molecular flexibility index (Phi) is 6.15. The first kappa shape index (κ1) is 18.0. The molecule has 3 saturated carbocycles. The van der Waals surface area contributed by atoms with E-state index in [1.165, 1.54) is 70.6 Å². The Balaban J connectivity index is 1.21. The molecule has 0 amide bonds. The minimum atomic E-state index is 0.367. The molecular weight excluding hydrogens is 308 g/mol. The van der Waals surface area contributed by atoms with Gasteiger partial charge in [-0.15, -0.1) is 0 Å². The maximum absolute atomic E-state index is 6.31. The Morgan fingerprint density at radius 2 is 1.40 bits per heavy atom. The molecule has 3 nitrogen and oxygen atoms in total. The van der Waals surface area contributed by atoms with Crippen LogP contribution in [0.1, 0.15) is 70.6 Å². The predicted molar refractivity (Wildman–Crippen MR) is 103 cm³/mol. The number of allylic oxidation sites excluding steroid dienone is 2. The molecule has 4 aliphatic rings. The standard InChI is InChI=1S/C22H38N2O/c23-21-12-13-22(20-15-25-14-19(20)21)24-18-10-8-17(9-11-18)7-6-16-4-2-1-3-5-16/h6-7,16-22,24H,1-5,8-15,23H2/b7-6+. The van der Waals surface area contributed by atoms with Crippen molar-refractivity contribution in [1.29, 1.82) is 0 Å². The van der Waals surface area contributed by atoms with Crippen molar-refractivity contribution in [2.75, 3.05) is 13.2 Å². The lowest BCUT2D eigenvalue weighted by Crippen LogP contribution is -2.53. The van der Waals surface area contributed by atoms with Gasteiger partial charge in [-0.1, -0.05) is 31.4 Å². The van der Waals surface area contributed by atoms with E-state index >= 15 is 0 Å². The maximum Gasteiger partial charge on any atom is 0.0513 e. The third kappa shape index (κ3) is 4.48. The summed E-state index contributed by atoms with van der Waals surface area (Å²) in [6.07, 6.45) is 20.2. The molecule has 4 rings (SSSR count). The van der Waals surface area contributed by atoms with E-state index in [-0.39, 0.29) is 0 Å². The van der Waals surface area contributed by atoms with Crippen LogP contribution in [0.5, 0.6) is 0 Å². The van der Waals surface area contributed by atoms with E-state index in [1.54, 1.807) is 0 Å². The van der Waals surface area contributed by atoms with Crippen LogP contribution in [-0.4, -0.2) is 31.3 Å². The van der Waals surface area contributed by atoms with Crippen molar-refractivity contribution in [1.82, 2.24) is 5.32 Å². The van der Waals surface area contributed by atoms with Gasteiger partial charge in [0.15, 0.2) is 0 Å². The molecule has 0 aromatic carbocycles. The molecule has 3 N–H and O–H groups in total. The van der Waals surface area contributed by atoms with Crippen molar-refractivity contribution in [2.45, 2.75) is 88.8 Å². The number of fused-ring (bicyclic) bond motifs is 1. The summed E-state index contributed by atoms with van der Waals surface area (Å²) in [4.78, 5) is 0. The molecule has 25 heavy (non-hydrogen) atoms. The van der Waals surface area contributed by atoms with Crippen LogP contribution in [0.15, 0.2) is 12.2 Å². The van der Waals surface area contributed by atoms with Gasteiger partial charge in [-0.25, -0.2) is 0 Å².